The van der Waals surface area contributed by atoms with Gasteiger partial charge < -0.3 is 14.4 Å². The molecule has 0 radical (unpaired) electrons. The summed E-state index contributed by atoms with van der Waals surface area (Å²) in [5.74, 6) is 0.327. The predicted octanol–water partition coefficient (Wildman–Crippen LogP) is 3.60. The van der Waals surface area contributed by atoms with Crippen molar-refractivity contribution in [3.05, 3.63) is 54.3 Å². The molecule has 0 saturated carbocycles. The maximum Gasteiger partial charge on any atom is 0.419 e. The Labute approximate surface area is 166 Å². The SMILES string of the molecule is CCOC(=O)C1(C2=CC(C)N(C(=O)Oc3ccccc3)C=C2)CCN(C)CC1. The molecule has 6 heteroatoms. The van der Waals surface area contributed by atoms with E-state index in [1.54, 1.807) is 18.3 Å². The lowest BCUT2D eigenvalue weighted by atomic mass is 9.71. The number of hydrogen-bond donors (Lipinski definition) is 0. The standard InChI is InChI=1S/C22H28N2O4/c1-4-27-20(25)22(11-14-23(3)15-12-22)18-10-13-24(17(2)16-18)21(26)28-19-8-6-5-7-9-19/h5-10,13,16-17H,4,11-12,14-15H2,1-3H3. The van der Waals surface area contributed by atoms with E-state index < -0.39 is 11.5 Å². The number of piperidine rings is 1. The zero-order valence-corrected chi connectivity index (χ0v) is 16.8. The molecule has 150 valence electrons. The molecular weight excluding hydrogens is 356 g/mol. The molecule has 2 aliphatic rings. The van der Waals surface area contributed by atoms with Gasteiger partial charge in [-0.3, -0.25) is 9.69 Å². The highest BCUT2D eigenvalue weighted by atomic mass is 16.6. The topological polar surface area (TPSA) is 59.1 Å². The average molecular weight is 384 g/mol. The van der Waals surface area contributed by atoms with Gasteiger partial charge in [0.1, 0.15) is 5.75 Å². The van der Waals surface area contributed by atoms with Crippen LogP contribution in [0.25, 0.3) is 0 Å². The second kappa shape index (κ2) is 8.61. The third-order valence-corrected chi connectivity index (χ3v) is 5.49. The van der Waals surface area contributed by atoms with Crippen LogP contribution in [0.4, 0.5) is 4.79 Å². The molecule has 6 nitrogen and oxygen atoms in total. The molecular formula is C22H28N2O4. The van der Waals surface area contributed by atoms with Gasteiger partial charge in [0.2, 0.25) is 0 Å². The first-order valence-electron chi connectivity index (χ1n) is 9.78. The Balaban J connectivity index is 1.78. The highest BCUT2D eigenvalue weighted by Crippen LogP contribution is 2.42. The van der Waals surface area contributed by atoms with Gasteiger partial charge in [0.05, 0.1) is 18.1 Å². The van der Waals surface area contributed by atoms with Crippen molar-refractivity contribution in [2.75, 3.05) is 26.7 Å². The second-order valence-corrected chi connectivity index (χ2v) is 7.37. The Hall–Kier alpha value is -2.60. The summed E-state index contributed by atoms with van der Waals surface area (Å²) in [6.07, 6.45) is 6.52. The molecule has 1 aromatic carbocycles. The summed E-state index contributed by atoms with van der Waals surface area (Å²) >= 11 is 0. The monoisotopic (exact) mass is 384 g/mol. The summed E-state index contributed by atoms with van der Waals surface area (Å²) < 4.78 is 10.9. The lowest BCUT2D eigenvalue weighted by Gasteiger charge is -2.41. The van der Waals surface area contributed by atoms with Crippen molar-refractivity contribution >= 4 is 12.1 Å². The summed E-state index contributed by atoms with van der Waals surface area (Å²) in [5, 5.41) is 0. The number of rotatable bonds is 4. The number of ether oxygens (including phenoxy) is 2. The van der Waals surface area contributed by atoms with E-state index in [0.717, 1.165) is 18.7 Å². The number of allylic oxidation sites excluding steroid dienone is 1. The van der Waals surface area contributed by atoms with Crippen molar-refractivity contribution in [1.82, 2.24) is 9.80 Å². The van der Waals surface area contributed by atoms with Gasteiger partial charge in [-0.05, 0) is 70.6 Å². The van der Waals surface area contributed by atoms with Gasteiger partial charge in [0, 0.05) is 6.20 Å². The molecule has 28 heavy (non-hydrogen) atoms. The Morgan fingerprint density at radius 2 is 1.86 bits per heavy atom. The second-order valence-electron chi connectivity index (χ2n) is 7.37. The molecule has 0 N–H and O–H groups in total. The predicted molar refractivity (Wildman–Crippen MR) is 107 cm³/mol. The molecule has 1 fully saturated rings. The molecule has 1 unspecified atom stereocenters. The van der Waals surface area contributed by atoms with Crippen LogP contribution in [0.2, 0.25) is 0 Å². The number of para-hydroxylation sites is 1. The molecule has 0 aliphatic carbocycles. The number of carbonyl (C=O) groups excluding carboxylic acids is 2. The molecule has 0 aromatic heterocycles. The van der Waals surface area contributed by atoms with Crippen LogP contribution in [0.5, 0.6) is 5.75 Å². The Morgan fingerprint density at radius 3 is 2.46 bits per heavy atom. The molecule has 1 amide bonds. The lowest BCUT2D eigenvalue weighted by Crippen LogP contribution is -2.46. The summed E-state index contributed by atoms with van der Waals surface area (Å²) in [6, 6.07) is 8.77. The number of carbonyl (C=O) groups is 2. The van der Waals surface area contributed by atoms with Crippen LogP contribution in [0, 0.1) is 5.41 Å². The number of nitrogens with zero attached hydrogens (tertiary/aromatic N) is 2. The molecule has 1 saturated heterocycles. The Kier molecular flexibility index (Phi) is 6.19. The highest BCUT2D eigenvalue weighted by molar-refractivity contribution is 5.82. The van der Waals surface area contributed by atoms with Gasteiger partial charge in [-0.15, -0.1) is 0 Å². The molecule has 2 heterocycles. The maximum atomic E-state index is 12.9. The van der Waals surface area contributed by atoms with Crippen LogP contribution < -0.4 is 4.74 Å². The van der Waals surface area contributed by atoms with Crippen LogP contribution in [-0.2, 0) is 9.53 Å². The first kappa shape index (κ1) is 20.1. The largest absolute Gasteiger partial charge is 0.465 e. The highest BCUT2D eigenvalue weighted by Gasteiger charge is 2.45. The molecule has 2 aliphatic heterocycles. The number of amides is 1. The minimum atomic E-state index is -0.650. The van der Waals surface area contributed by atoms with E-state index in [1.807, 2.05) is 44.2 Å². The van der Waals surface area contributed by atoms with E-state index in [4.69, 9.17) is 9.47 Å². The van der Waals surface area contributed by atoms with E-state index >= 15 is 0 Å². The van der Waals surface area contributed by atoms with E-state index in [1.165, 1.54) is 4.90 Å². The molecule has 3 rings (SSSR count). The third kappa shape index (κ3) is 4.12. The van der Waals surface area contributed by atoms with E-state index in [0.29, 0.717) is 25.2 Å². The summed E-state index contributed by atoms with van der Waals surface area (Å²) in [6.45, 7) is 5.77. The summed E-state index contributed by atoms with van der Waals surface area (Å²) in [5.41, 5.74) is 0.276. The van der Waals surface area contributed by atoms with E-state index in [-0.39, 0.29) is 12.0 Å². The van der Waals surface area contributed by atoms with E-state index in [2.05, 4.69) is 11.9 Å². The van der Waals surface area contributed by atoms with Gasteiger partial charge in [0.25, 0.3) is 0 Å². The number of hydrogen-bond acceptors (Lipinski definition) is 5. The average Bonchev–Trinajstić information content (AvgIpc) is 2.69. The van der Waals surface area contributed by atoms with Gasteiger partial charge in [-0.1, -0.05) is 24.3 Å². The first-order chi connectivity index (χ1) is 13.5. The van der Waals surface area contributed by atoms with Gasteiger partial charge in [0.15, 0.2) is 0 Å². The summed E-state index contributed by atoms with van der Waals surface area (Å²) in [7, 11) is 2.06. The van der Waals surface area contributed by atoms with Crippen LogP contribution in [0.3, 0.4) is 0 Å². The number of benzene rings is 1. The van der Waals surface area contributed by atoms with Gasteiger partial charge >= 0.3 is 12.1 Å². The normalized spacial score (nSPS) is 21.8. The Bertz CT molecular complexity index is 764. The van der Waals surface area contributed by atoms with Crippen molar-refractivity contribution in [1.29, 1.82) is 0 Å². The zero-order valence-electron chi connectivity index (χ0n) is 16.8. The van der Waals surface area contributed by atoms with Crippen molar-refractivity contribution in [2.24, 2.45) is 5.41 Å². The third-order valence-electron chi connectivity index (χ3n) is 5.49. The smallest absolute Gasteiger partial charge is 0.419 e. The van der Waals surface area contributed by atoms with Crippen LogP contribution in [0.1, 0.15) is 26.7 Å². The molecule has 1 atom stereocenters. The van der Waals surface area contributed by atoms with Crippen molar-refractivity contribution in [3.63, 3.8) is 0 Å². The lowest BCUT2D eigenvalue weighted by molar-refractivity contribution is -0.155. The minimum absolute atomic E-state index is 0.175. The minimum Gasteiger partial charge on any atom is -0.465 e. The molecule has 1 aromatic rings. The van der Waals surface area contributed by atoms with Crippen molar-refractivity contribution in [3.8, 4) is 5.75 Å². The zero-order chi connectivity index (χ0) is 20.1. The van der Waals surface area contributed by atoms with Crippen LogP contribution in [0.15, 0.2) is 54.3 Å². The molecule has 0 bridgehead atoms. The van der Waals surface area contributed by atoms with Crippen LogP contribution in [-0.4, -0.2) is 54.6 Å². The number of likely N-dealkylation sites (tertiary alicyclic amines) is 1. The first-order valence-corrected chi connectivity index (χ1v) is 9.78. The quantitative estimate of drug-likeness (QED) is 0.743. The molecule has 0 spiro atoms. The van der Waals surface area contributed by atoms with E-state index in [9.17, 15) is 9.59 Å². The maximum absolute atomic E-state index is 12.9. The fourth-order valence-electron chi connectivity index (χ4n) is 3.76. The van der Waals surface area contributed by atoms with Gasteiger partial charge in [-0.2, -0.15) is 0 Å². The fourth-order valence-corrected chi connectivity index (χ4v) is 3.76. The van der Waals surface area contributed by atoms with Crippen LogP contribution >= 0.6 is 0 Å². The van der Waals surface area contributed by atoms with Crippen molar-refractivity contribution in [2.45, 2.75) is 32.7 Å². The Morgan fingerprint density at radius 1 is 1.18 bits per heavy atom. The summed E-state index contributed by atoms with van der Waals surface area (Å²) in [4.78, 5) is 29.2. The fraction of sp³-hybridized carbons (Fsp3) is 0.455. The number of esters is 1. The van der Waals surface area contributed by atoms with Gasteiger partial charge in [-0.25, -0.2) is 4.79 Å². The van der Waals surface area contributed by atoms with Crippen molar-refractivity contribution < 1.29 is 19.1 Å².